The van der Waals surface area contributed by atoms with E-state index in [1.807, 2.05) is 6.92 Å². The van der Waals surface area contributed by atoms with Crippen molar-refractivity contribution in [2.45, 2.75) is 58.8 Å². The average Bonchev–Trinajstić information content (AvgIpc) is 2.24. The Hall–Kier alpha value is -0.542. The maximum Gasteiger partial charge on any atom is 2.00 e. The summed E-state index contributed by atoms with van der Waals surface area (Å²) in [5.41, 5.74) is 3.93. The number of hydrogen-bond donors (Lipinski definition) is 1. The fourth-order valence-electron chi connectivity index (χ4n) is 1.78. The van der Waals surface area contributed by atoms with Crippen LogP contribution in [0.4, 0.5) is 0 Å². The number of carbonyl (C=O) groups is 2. The monoisotopic (exact) mass is 455 g/mol. The van der Waals surface area contributed by atoms with E-state index in [-0.39, 0.29) is 34.4 Å². The van der Waals surface area contributed by atoms with Gasteiger partial charge in [0.15, 0.2) is 5.97 Å². The number of rotatable bonds is 0. The van der Waals surface area contributed by atoms with Crippen LogP contribution in [0, 0.1) is 19.3 Å². The topological polar surface area (TPSA) is 78.6 Å². The summed E-state index contributed by atoms with van der Waals surface area (Å²) in [4.78, 5) is 24.0. The second kappa shape index (κ2) is 6.95. The fraction of sp³-hybridized carbons (Fsp3) is 0.714. The predicted octanol–water partition coefficient (Wildman–Crippen LogP) is 1.65. The Labute approximate surface area is 136 Å². The summed E-state index contributed by atoms with van der Waals surface area (Å²) in [5, 5.41) is 0. The maximum absolute atomic E-state index is 12.0. The molecule has 1 aliphatic heterocycles. The number of carbonyl (C=O) groups excluding carboxylic acids is 2. The normalized spacial score (nSPS) is 28.6. The van der Waals surface area contributed by atoms with E-state index in [1.165, 1.54) is 0 Å². The zero-order valence-corrected chi connectivity index (χ0v) is 16.2. The minimum atomic E-state index is -1.09. The first-order chi connectivity index (χ1) is 7.99. The van der Waals surface area contributed by atoms with Crippen molar-refractivity contribution in [1.29, 1.82) is 0 Å². The van der Waals surface area contributed by atoms with Gasteiger partial charge in [-0.15, -0.1) is 5.92 Å². The molecule has 0 saturated carbocycles. The molecule has 1 saturated heterocycles. The minimum absolute atomic E-state index is 0. The molecule has 0 amide bonds. The molecule has 0 spiro atoms. The first-order valence-corrected chi connectivity index (χ1v) is 6.04. The number of ether oxygens (including phenoxy) is 2. The van der Waals surface area contributed by atoms with E-state index in [9.17, 15) is 9.59 Å². The van der Waals surface area contributed by atoms with Gasteiger partial charge in [0.25, 0.3) is 0 Å². The molecule has 0 aliphatic carbocycles. The van der Waals surface area contributed by atoms with Gasteiger partial charge in [0.1, 0.15) is 11.6 Å². The van der Waals surface area contributed by atoms with Gasteiger partial charge >= 0.3 is 27.0 Å². The van der Waals surface area contributed by atoms with Crippen molar-refractivity contribution in [3.63, 3.8) is 0 Å². The van der Waals surface area contributed by atoms with E-state index >= 15 is 0 Å². The molecule has 5 nitrogen and oxygen atoms in total. The van der Waals surface area contributed by atoms with Gasteiger partial charge in [-0.1, -0.05) is 6.92 Å². The zero-order valence-electron chi connectivity index (χ0n) is 13.3. The third-order valence-electron chi connectivity index (χ3n) is 3.74. The van der Waals surface area contributed by atoms with E-state index < -0.39 is 29.2 Å². The van der Waals surface area contributed by atoms with Crippen LogP contribution in [0.25, 0.3) is 0 Å². The summed E-state index contributed by atoms with van der Waals surface area (Å²) in [5.74, 6) is -0.710. The molecule has 2 atom stereocenters. The van der Waals surface area contributed by atoms with Gasteiger partial charge in [0.05, 0.1) is 5.60 Å². The van der Waals surface area contributed by atoms with Crippen molar-refractivity contribution in [2.75, 3.05) is 0 Å². The summed E-state index contributed by atoms with van der Waals surface area (Å²) in [6.07, 6.45) is 0. The van der Waals surface area contributed by atoms with Crippen molar-refractivity contribution < 1.29 is 40.1 Å². The van der Waals surface area contributed by atoms with E-state index in [0.717, 1.165) is 0 Å². The Kier molecular flexibility index (Phi) is 7.55. The van der Waals surface area contributed by atoms with Crippen LogP contribution in [-0.4, -0.2) is 29.2 Å². The van der Waals surface area contributed by atoms with Crippen LogP contribution in [0.5, 0.6) is 0 Å². The fourth-order valence-corrected chi connectivity index (χ4v) is 1.78. The smallest absolute Gasteiger partial charge is 0.480 e. The summed E-state index contributed by atoms with van der Waals surface area (Å²) in [6, 6.07) is -1.00. The van der Waals surface area contributed by atoms with Gasteiger partial charge in [-0.2, -0.15) is 6.92 Å². The summed E-state index contributed by atoms with van der Waals surface area (Å²) in [6.45, 7) is 10.2. The molecule has 1 fully saturated rings. The van der Waals surface area contributed by atoms with Crippen LogP contribution < -0.4 is 5.73 Å². The first-order valence-electron chi connectivity index (χ1n) is 6.04. The maximum atomic E-state index is 12.0. The molecule has 6 heteroatoms. The molecule has 0 radical (unpaired) electrons. The molecule has 20 heavy (non-hydrogen) atoms. The average molecular weight is 455 g/mol. The van der Waals surface area contributed by atoms with Gasteiger partial charge in [0.2, 0.25) is 0 Å². The van der Waals surface area contributed by atoms with Crippen molar-refractivity contribution in [2.24, 2.45) is 11.7 Å². The number of nitrogens with two attached hydrogens (primary N) is 1. The second-order valence-corrected chi connectivity index (χ2v) is 5.90. The third-order valence-corrected chi connectivity index (χ3v) is 3.74. The Morgan fingerprint density at radius 3 is 2.00 bits per heavy atom. The molecule has 1 heterocycles. The van der Waals surface area contributed by atoms with Gasteiger partial charge in [0, 0.05) is 0 Å². The summed E-state index contributed by atoms with van der Waals surface area (Å²) >= 11 is 0. The Morgan fingerprint density at radius 2 is 1.55 bits per heavy atom. The largest absolute Gasteiger partial charge is 2.00 e. The zero-order chi connectivity index (χ0) is 14.3. The molecule has 116 valence electrons. The van der Waals surface area contributed by atoms with Crippen LogP contribution in [-0.2, 0) is 40.1 Å². The SMILES string of the molecule is C[C-]1C(=O)OC(C)(C)C(N)C(=O)OC(C)(C)C1C.[CH3-].[W+2]. The van der Waals surface area contributed by atoms with E-state index in [1.54, 1.807) is 34.6 Å². The molecule has 2 unspecified atom stereocenters. The van der Waals surface area contributed by atoms with Crippen LogP contribution in [0.3, 0.4) is 0 Å². The first kappa shape index (κ1) is 21.8. The van der Waals surface area contributed by atoms with E-state index in [2.05, 4.69) is 0 Å². The van der Waals surface area contributed by atoms with Crippen molar-refractivity contribution in [1.82, 2.24) is 0 Å². The standard InChI is InChI=1S/C13H22NO4.CH3.W/c1-7-8(2)12(3,4)18-11(16)9(14)13(5,6)17-10(7)15;;/h8-9H,14H2,1-6H3;1H3;/q2*-1;+2. The molecule has 0 aromatic heterocycles. The molecule has 1 aliphatic rings. The second-order valence-electron chi connectivity index (χ2n) is 5.90. The number of cyclic esters (lactones) is 2. The Bertz CT molecular complexity index is 368. The van der Waals surface area contributed by atoms with Crippen LogP contribution >= 0.6 is 0 Å². The van der Waals surface area contributed by atoms with Crippen LogP contribution in [0.1, 0.15) is 41.5 Å². The van der Waals surface area contributed by atoms with Crippen LogP contribution in [0.2, 0.25) is 0 Å². The van der Waals surface area contributed by atoms with Crippen molar-refractivity contribution in [3.8, 4) is 0 Å². The quantitative estimate of drug-likeness (QED) is 0.444. The molecule has 2 N–H and O–H groups in total. The van der Waals surface area contributed by atoms with Crippen molar-refractivity contribution >= 4 is 11.9 Å². The number of esters is 2. The molecule has 0 bridgehead atoms. The molecular formula is C14H25NO4W. The van der Waals surface area contributed by atoms with Gasteiger partial charge in [-0.3, -0.25) is 15.5 Å². The van der Waals surface area contributed by atoms with Crippen molar-refractivity contribution in [3.05, 3.63) is 13.3 Å². The molecule has 0 aromatic rings. The van der Waals surface area contributed by atoms with Gasteiger partial charge in [-0.25, -0.2) is 0 Å². The Balaban J connectivity index is 0. The third kappa shape index (κ3) is 4.22. The minimum Gasteiger partial charge on any atom is -0.480 e. The van der Waals surface area contributed by atoms with Gasteiger partial charge < -0.3 is 22.6 Å². The molecule has 0 aromatic carbocycles. The number of hydrogen-bond acceptors (Lipinski definition) is 5. The predicted molar refractivity (Wildman–Crippen MR) is 72.8 cm³/mol. The Morgan fingerprint density at radius 1 is 1.10 bits per heavy atom. The molecule has 1 rings (SSSR count). The van der Waals surface area contributed by atoms with Gasteiger partial charge in [-0.05, 0) is 27.7 Å². The molecular weight excluding hydrogens is 430 g/mol. The summed E-state index contributed by atoms with van der Waals surface area (Å²) in [7, 11) is 0. The van der Waals surface area contributed by atoms with E-state index in [4.69, 9.17) is 15.2 Å². The van der Waals surface area contributed by atoms with E-state index in [0.29, 0.717) is 5.92 Å². The summed E-state index contributed by atoms with van der Waals surface area (Å²) < 4.78 is 10.7. The van der Waals surface area contributed by atoms with Crippen LogP contribution in [0.15, 0.2) is 0 Å².